The summed E-state index contributed by atoms with van der Waals surface area (Å²) in [6.07, 6.45) is 3.90. The lowest BCUT2D eigenvalue weighted by atomic mass is 10.1. The van der Waals surface area contributed by atoms with Gasteiger partial charge in [-0.05, 0) is 44.4 Å². The van der Waals surface area contributed by atoms with Gasteiger partial charge in [0.05, 0.1) is 7.11 Å². The van der Waals surface area contributed by atoms with Gasteiger partial charge in [-0.2, -0.15) is 0 Å². The number of methoxy groups -OCH3 is 1. The smallest absolute Gasteiger partial charge is 0.173 e. The van der Waals surface area contributed by atoms with Gasteiger partial charge in [0.25, 0.3) is 0 Å². The summed E-state index contributed by atoms with van der Waals surface area (Å²) in [4.78, 5) is 1.49. The van der Waals surface area contributed by atoms with Crippen LogP contribution < -0.4 is 10.1 Å². The SMILES string of the molecule is CNC1CCC(c2ccc(OC)s2)C1. The first-order valence-corrected chi connectivity index (χ1v) is 5.96. The average Bonchev–Trinajstić information content (AvgIpc) is 2.86. The van der Waals surface area contributed by atoms with Gasteiger partial charge >= 0.3 is 0 Å². The van der Waals surface area contributed by atoms with E-state index in [-0.39, 0.29) is 0 Å². The van der Waals surface area contributed by atoms with Crippen molar-refractivity contribution in [3.8, 4) is 5.06 Å². The number of nitrogens with one attached hydrogen (secondary N) is 1. The average molecular weight is 211 g/mol. The standard InChI is InChI=1S/C11H17NOS/c1-12-9-4-3-8(7-9)10-5-6-11(13-2)14-10/h5-6,8-9,12H,3-4,7H2,1-2H3. The normalized spacial score (nSPS) is 26.7. The molecule has 0 aromatic carbocycles. The molecule has 1 N–H and O–H groups in total. The summed E-state index contributed by atoms with van der Waals surface area (Å²) in [6, 6.07) is 5.01. The summed E-state index contributed by atoms with van der Waals surface area (Å²) in [5.41, 5.74) is 0. The van der Waals surface area contributed by atoms with Gasteiger partial charge in [0.15, 0.2) is 5.06 Å². The van der Waals surface area contributed by atoms with E-state index in [0.717, 1.165) is 11.0 Å². The van der Waals surface area contributed by atoms with Crippen molar-refractivity contribution in [2.45, 2.75) is 31.2 Å². The van der Waals surface area contributed by atoms with Gasteiger partial charge in [0.2, 0.25) is 0 Å². The number of rotatable bonds is 3. The van der Waals surface area contributed by atoms with Gasteiger partial charge < -0.3 is 10.1 Å². The zero-order chi connectivity index (χ0) is 9.97. The molecule has 1 aliphatic rings. The molecule has 3 heteroatoms. The summed E-state index contributed by atoms with van der Waals surface area (Å²) in [7, 11) is 3.79. The molecule has 0 radical (unpaired) electrons. The maximum Gasteiger partial charge on any atom is 0.173 e. The van der Waals surface area contributed by atoms with E-state index in [4.69, 9.17) is 4.74 Å². The Bertz CT molecular complexity index is 297. The molecule has 0 saturated heterocycles. The molecule has 1 aromatic heterocycles. The summed E-state index contributed by atoms with van der Waals surface area (Å²) in [5.74, 6) is 0.751. The van der Waals surface area contributed by atoms with Crippen molar-refractivity contribution in [2.24, 2.45) is 0 Å². The topological polar surface area (TPSA) is 21.3 Å². The Morgan fingerprint density at radius 1 is 1.43 bits per heavy atom. The van der Waals surface area contributed by atoms with Crippen LogP contribution in [0.4, 0.5) is 0 Å². The summed E-state index contributed by atoms with van der Waals surface area (Å²) >= 11 is 1.79. The van der Waals surface area contributed by atoms with E-state index in [1.54, 1.807) is 18.4 Å². The first kappa shape index (κ1) is 9.99. The Labute approximate surface area is 89.3 Å². The van der Waals surface area contributed by atoms with Crippen LogP contribution in [0.1, 0.15) is 30.1 Å². The van der Waals surface area contributed by atoms with Crippen molar-refractivity contribution in [3.63, 3.8) is 0 Å². The number of ether oxygens (including phenoxy) is 1. The van der Waals surface area contributed by atoms with Gasteiger partial charge in [0.1, 0.15) is 0 Å². The van der Waals surface area contributed by atoms with E-state index in [1.165, 1.54) is 24.1 Å². The van der Waals surface area contributed by atoms with Crippen LogP contribution in [0, 0.1) is 0 Å². The highest BCUT2D eigenvalue weighted by Gasteiger charge is 2.25. The predicted octanol–water partition coefficient (Wildman–Crippen LogP) is 2.61. The van der Waals surface area contributed by atoms with E-state index >= 15 is 0 Å². The van der Waals surface area contributed by atoms with Crippen molar-refractivity contribution < 1.29 is 4.74 Å². The second kappa shape index (κ2) is 4.32. The van der Waals surface area contributed by atoms with Gasteiger partial charge in [0, 0.05) is 10.9 Å². The Balaban J connectivity index is 2.02. The van der Waals surface area contributed by atoms with Crippen molar-refractivity contribution in [1.29, 1.82) is 0 Å². The fourth-order valence-corrected chi connectivity index (χ4v) is 3.13. The molecule has 0 spiro atoms. The molecule has 1 saturated carbocycles. The molecule has 0 bridgehead atoms. The third-order valence-electron chi connectivity index (χ3n) is 3.05. The zero-order valence-electron chi connectivity index (χ0n) is 8.75. The molecule has 1 fully saturated rings. The molecule has 1 heterocycles. The highest BCUT2D eigenvalue weighted by atomic mass is 32.1. The second-order valence-corrected chi connectivity index (χ2v) is 4.93. The van der Waals surface area contributed by atoms with Crippen molar-refractivity contribution in [2.75, 3.05) is 14.2 Å². The Morgan fingerprint density at radius 2 is 2.29 bits per heavy atom. The molecular formula is C11H17NOS. The van der Waals surface area contributed by atoms with Crippen LogP contribution in [0.25, 0.3) is 0 Å². The molecule has 2 rings (SSSR count). The fraction of sp³-hybridized carbons (Fsp3) is 0.636. The van der Waals surface area contributed by atoms with E-state index < -0.39 is 0 Å². The van der Waals surface area contributed by atoms with Crippen molar-refractivity contribution in [1.82, 2.24) is 5.32 Å². The lowest BCUT2D eigenvalue weighted by Gasteiger charge is -2.08. The largest absolute Gasteiger partial charge is 0.487 e. The molecule has 2 nitrogen and oxygen atoms in total. The number of thiophene rings is 1. The number of hydrogen-bond donors (Lipinski definition) is 1. The fourth-order valence-electron chi connectivity index (χ4n) is 2.17. The Hall–Kier alpha value is -0.540. The number of hydrogen-bond acceptors (Lipinski definition) is 3. The van der Waals surface area contributed by atoms with E-state index in [9.17, 15) is 0 Å². The quantitative estimate of drug-likeness (QED) is 0.830. The molecule has 0 aliphatic heterocycles. The monoisotopic (exact) mass is 211 g/mol. The summed E-state index contributed by atoms with van der Waals surface area (Å²) in [5, 5.41) is 4.39. The third-order valence-corrected chi connectivity index (χ3v) is 4.26. The van der Waals surface area contributed by atoms with E-state index in [1.807, 2.05) is 0 Å². The van der Waals surface area contributed by atoms with Crippen LogP contribution in [-0.4, -0.2) is 20.2 Å². The maximum atomic E-state index is 5.21. The van der Waals surface area contributed by atoms with Crippen molar-refractivity contribution in [3.05, 3.63) is 17.0 Å². The van der Waals surface area contributed by atoms with Crippen LogP contribution in [0.5, 0.6) is 5.06 Å². The van der Waals surface area contributed by atoms with Crippen LogP contribution in [-0.2, 0) is 0 Å². The molecule has 14 heavy (non-hydrogen) atoms. The molecule has 2 unspecified atom stereocenters. The second-order valence-electron chi connectivity index (χ2n) is 3.86. The van der Waals surface area contributed by atoms with E-state index in [2.05, 4.69) is 24.5 Å². The molecule has 2 atom stereocenters. The molecule has 78 valence electrons. The van der Waals surface area contributed by atoms with Gasteiger partial charge in [-0.1, -0.05) is 0 Å². The summed E-state index contributed by atoms with van der Waals surface area (Å²) < 4.78 is 5.21. The first-order chi connectivity index (χ1) is 6.83. The van der Waals surface area contributed by atoms with Crippen LogP contribution in [0.3, 0.4) is 0 Å². The third kappa shape index (κ3) is 1.93. The van der Waals surface area contributed by atoms with Crippen LogP contribution in [0.15, 0.2) is 12.1 Å². The molecule has 1 aliphatic carbocycles. The van der Waals surface area contributed by atoms with Crippen LogP contribution >= 0.6 is 11.3 Å². The minimum atomic E-state index is 0.716. The summed E-state index contributed by atoms with van der Waals surface area (Å²) in [6.45, 7) is 0. The Morgan fingerprint density at radius 3 is 2.86 bits per heavy atom. The first-order valence-electron chi connectivity index (χ1n) is 5.14. The van der Waals surface area contributed by atoms with Gasteiger partial charge in [-0.15, -0.1) is 11.3 Å². The maximum absolute atomic E-state index is 5.21. The minimum Gasteiger partial charge on any atom is -0.487 e. The van der Waals surface area contributed by atoms with Gasteiger partial charge in [-0.3, -0.25) is 0 Å². The molecule has 0 amide bonds. The van der Waals surface area contributed by atoms with Crippen molar-refractivity contribution >= 4 is 11.3 Å². The predicted molar refractivity (Wildman–Crippen MR) is 60.3 cm³/mol. The lowest BCUT2D eigenvalue weighted by Crippen LogP contribution is -2.20. The molecule has 1 aromatic rings. The molecular weight excluding hydrogens is 194 g/mol. The zero-order valence-corrected chi connectivity index (χ0v) is 9.56. The lowest BCUT2D eigenvalue weighted by molar-refractivity contribution is 0.427. The van der Waals surface area contributed by atoms with E-state index in [0.29, 0.717) is 6.04 Å². The Kier molecular flexibility index (Phi) is 3.08. The minimum absolute atomic E-state index is 0.716. The highest BCUT2D eigenvalue weighted by Crippen LogP contribution is 2.39. The highest BCUT2D eigenvalue weighted by molar-refractivity contribution is 7.13. The van der Waals surface area contributed by atoms with Gasteiger partial charge in [-0.25, -0.2) is 0 Å². The van der Waals surface area contributed by atoms with Crippen LogP contribution in [0.2, 0.25) is 0 Å².